The third-order valence-electron chi connectivity index (χ3n) is 2.19. The number of hydrogen-bond donors (Lipinski definition) is 1. The fraction of sp³-hybridized carbons (Fsp3) is 0.900. The molecule has 7 heteroatoms. The lowest BCUT2D eigenvalue weighted by Crippen LogP contribution is -2.28. The first-order valence-electron chi connectivity index (χ1n) is 5.54. The first kappa shape index (κ1) is 14.2. The zero-order valence-corrected chi connectivity index (χ0v) is 11.2. The van der Waals surface area contributed by atoms with Gasteiger partial charge in [0.2, 0.25) is 0 Å². The third kappa shape index (κ3) is 5.88. The maximum absolute atomic E-state index is 11.5. The lowest BCUT2D eigenvalue weighted by molar-refractivity contribution is 0.0222. The highest BCUT2D eigenvalue weighted by molar-refractivity contribution is 7.87. The zero-order valence-electron chi connectivity index (χ0n) is 10.4. The van der Waals surface area contributed by atoms with E-state index in [9.17, 15) is 13.2 Å². The Labute approximate surface area is 102 Å². The Morgan fingerprint density at radius 3 is 2.53 bits per heavy atom. The van der Waals surface area contributed by atoms with Crippen LogP contribution in [0.3, 0.4) is 0 Å². The molecule has 1 fully saturated rings. The molecule has 0 radical (unpaired) electrons. The van der Waals surface area contributed by atoms with E-state index in [-0.39, 0.29) is 11.7 Å². The molecule has 0 bridgehead atoms. The third-order valence-corrected chi connectivity index (χ3v) is 3.46. The molecule has 1 heterocycles. The Hall–Kier alpha value is -0.820. The zero-order chi connectivity index (χ0) is 13.1. The van der Waals surface area contributed by atoms with E-state index < -0.39 is 21.9 Å². The Morgan fingerprint density at radius 2 is 2.06 bits per heavy atom. The fourth-order valence-corrected chi connectivity index (χ4v) is 2.72. The number of nitrogens with one attached hydrogen (secondary N) is 1. The quantitative estimate of drug-likeness (QED) is 0.602. The summed E-state index contributed by atoms with van der Waals surface area (Å²) in [5.41, 5.74) is -0.762. The largest absolute Gasteiger partial charge is 0.524 e. The highest BCUT2D eigenvalue weighted by Crippen LogP contribution is 2.14. The minimum Gasteiger partial charge on any atom is -0.428 e. The maximum Gasteiger partial charge on any atom is 0.524 e. The van der Waals surface area contributed by atoms with Gasteiger partial charge in [0.05, 0.1) is 5.75 Å². The van der Waals surface area contributed by atoms with Crippen molar-refractivity contribution in [1.82, 2.24) is 5.32 Å². The molecular weight excluding hydrogens is 246 g/mol. The normalized spacial score (nSPS) is 21.2. The minimum atomic E-state index is -3.85. The van der Waals surface area contributed by atoms with E-state index in [0.717, 1.165) is 13.0 Å². The van der Waals surface area contributed by atoms with E-state index in [4.69, 9.17) is 4.74 Å². The Bertz CT molecular complexity index is 365. The predicted molar refractivity (Wildman–Crippen MR) is 62.1 cm³/mol. The molecule has 0 amide bonds. The molecule has 0 aromatic carbocycles. The van der Waals surface area contributed by atoms with Gasteiger partial charge in [-0.25, -0.2) is 4.79 Å². The first-order valence-corrected chi connectivity index (χ1v) is 7.11. The van der Waals surface area contributed by atoms with Crippen LogP contribution in [-0.4, -0.2) is 39.0 Å². The Balaban J connectivity index is 2.45. The molecule has 1 aliphatic rings. The van der Waals surface area contributed by atoms with Crippen molar-refractivity contribution in [3.8, 4) is 0 Å². The molecule has 0 aromatic heterocycles. The van der Waals surface area contributed by atoms with E-state index in [1.54, 1.807) is 20.8 Å². The van der Waals surface area contributed by atoms with Crippen molar-refractivity contribution in [1.29, 1.82) is 0 Å². The molecule has 1 N–H and O–H groups in total. The summed E-state index contributed by atoms with van der Waals surface area (Å²) in [4.78, 5) is 11.2. The number of carbonyl (C=O) groups is 1. The van der Waals surface area contributed by atoms with Crippen LogP contribution in [0.15, 0.2) is 0 Å². The number of rotatable bonds is 3. The minimum absolute atomic E-state index is 0.00226. The predicted octanol–water partition coefficient (Wildman–Crippen LogP) is 0.877. The number of hydrogen-bond acceptors (Lipinski definition) is 6. The summed E-state index contributed by atoms with van der Waals surface area (Å²) < 4.78 is 32.2. The molecular formula is C10H19NO5S. The molecule has 1 rings (SSSR count). The molecule has 17 heavy (non-hydrogen) atoms. The highest BCUT2D eigenvalue weighted by atomic mass is 32.2. The van der Waals surface area contributed by atoms with Crippen LogP contribution < -0.4 is 5.32 Å². The van der Waals surface area contributed by atoms with Crippen molar-refractivity contribution >= 4 is 16.3 Å². The van der Waals surface area contributed by atoms with Crippen molar-refractivity contribution in [3.05, 3.63) is 0 Å². The second-order valence-electron chi connectivity index (χ2n) is 5.13. The second-order valence-corrected chi connectivity index (χ2v) is 6.75. The summed E-state index contributed by atoms with van der Waals surface area (Å²) in [7, 11) is -3.85. The van der Waals surface area contributed by atoms with Crippen molar-refractivity contribution < 1.29 is 22.1 Å². The second kappa shape index (κ2) is 5.22. The monoisotopic (exact) mass is 265 g/mol. The van der Waals surface area contributed by atoms with Gasteiger partial charge in [0.25, 0.3) is 0 Å². The van der Waals surface area contributed by atoms with Crippen LogP contribution in [0.4, 0.5) is 4.79 Å². The molecule has 6 nitrogen and oxygen atoms in total. The average molecular weight is 265 g/mol. The van der Waals surface area contributed by atoms with Crippen molar-refractivity contribution in [2.45, 2.75) is 32.8 Å². The van der Waals surface area contributed by atoms with E-state index in [0.29, 0.717) is 6.54 Å². The molecule has 0 aliphatic carbocycles. The van der Waals surface area contributed by atoms with Gasteiger partial charge in [-0.05, 0) is 46.2 Å². The Morgan fingerprint density at radius 1 is 1.41 bits per heavy atom. The van der Waals surface area contributed by atoms with Gasteiger partial charge in [-0.2, -0.15) is 8.42 Å². The van der Waals surface area contributed by atoms with Crippen LogP contribution in [0, 0.1) is 5.92 Å². The van der Waals surface area contributed by atoms with E-state index in [1.807, 2.05) is 0 Å². The van der Waals surface area contributed by atoms with Crippen LogP contribution in [0.1, 0.15) is 27.2 Å². The van der Waals surface area contributed by atoms with E-state index in [1.165, 1.54) is 0 Å². The summed E-state index contributed by atoms with van der Waals surface area (Å²) in [5, 5.41) is 3.05. The molecule has 1 aliphatic heterocycles. The summed E-state index contributed by atoms with van der Waals surface area (Å²) >= 11 is 0. The fourth-order valence-electron chi connectivity index (χ4n) is 1.55. The van der Waals surface area contributed by atoms with Gasteiger partial charge in [-0.3, -0.25) is 0 Å². The van der Waals surface area contributed by atoms with Gasteiger partial charge in [0.1, 0.15) is 5.60 Å². The molecule has 1 saturated heterocycles. The Kier molecular flexibility index (Phi) is 4.37. The van der Waals surface area contributed by atoms with Crippen LogP contribution in [0.5, 0.6) is 0 Å². The van der Waals surface area contributed by atoms with Gasteiger partial charge in [-0.15, -0.1) is 0 Å². The van der Waals surface area contributed by atoms with Gasteiger partial charge >= 0.3 is 16.3 Å². The number of carbonyl (C=O) groups excluding carboxylic acids is 1. The first-order chi connectivity index (χ1) is 7.68. The maximum atomic E-state index is 11.5. The number of ether oxygens (including phenoxy) is 1. The summed E-state index contributed by atoms with van der Waals surface area (Å²) in [6.07, 6.45) is -0.389. The van der Waals surface area contributed by atoms with Gasteiger partial charge in [0, 0.05) is 0 Å². The smallest absolute Gasteiger partial charge is 0.428 e. The van der Waals surface area contributed by atoms with Gasteiger partial charge in [0.15, 0.2) is 0 Å². The topological polar surface area (TPSA) is 81.7 Å². The molecule has 0 unspecified atom stereocenters. The molecule has 0 aromatic rings. The highest BCUT2D eigenvalue weighted by Gasteiger charge is 2.28. The van der Waals surface area contributed by atoms with Crippen LogP contribution in [-0.2, 0) is 19.0 Å². The average Bonchev–Trinajstić information content (AvgIpc) is 2.49. The van der Waals surface area contributed by atoms with Crippen LogP contribution >= 0.6 is 0 Å². The SMILES string of the molecule is CC(C)(C)OC(=O)OS(=O)(=O)C[C@@H]1CCNC1. The summed E-state index contributed by atoms with van der Waals surface area (Å²) in [6, 6.07) is 0. The standard InChI is InChI=1S/C10H19NO5S/c1-10(2,3)15-9(12)16-17(13,14)7-8-4-5-11-6-8/h8,11H,4-7H2,1-3H3/t8-/m1/s1. The van der Waals surface area contributed by atoms with Crippen LogP contribution in [0.2, 0.25) is 0 Å². The molecule has 1 atom stereocenters. The van der Waals surface area contributed by atoms with Crippen molar-refractivity contribution in [2.75, 3.05) is 18.8 Å². The van der Waals surface area contributed by atoms with Gasteiger partial charge in [-0.1, -0.05) is 0 Å². The van der Waals surface area contributed by atoms with E-state index >= 15 is 0 Å². The van der Waals surface area contributed by atoms with Gasteiger partial charge < -0.3 is 14.2 Å². The molecule has 0 saturated carbocycles. The van der Waals surface area contributed by atoms with Crippen molar-refractivity contribution in [3.63, 3.8) is 0 Å². The summed E-state index contributed by atoms with van der Waals surface area (Å²) in [6.45, 7) is 6.36. The lowest BCUT2D eigenvalue weighted by Gasteiger charge is -2.18. The van der Waals surface area contributed by atoms with E-state index in [2.05, 4.69) is 9.50 Å². The lowest BCUT2D eigenvalue weighted by atomic mass is 10.2. The molecule has 0 spiro atoms. The van der Waals surface area contributed by atoms with Crippen molar-refractivity contribution in [2.24, 2.45) is 5.92 Å². The van der Waals surface area contributed by atoms with Crippen LogP contribution in [0.25, 0.3) is 0 Å². The summed E-state index contributed by atoms with van der Waals surface area (Å²) in [5.74, 6) is -0.151. The molecule has 100 valence electrons.